The van der Waals surface area contributed by atoms with Crippen molar-refractivity contribution in [3.63, 3.8) is 0 Å². The molecule has 0 saturated heterocycles. The minimum absolute atomic E-state index is 0.162. The Hall–Kier alpha value is -0.590. The highest BCUT2D eigenvalue weighted by Crippen LogP contribution is 2.24. The molecule has 0 atom stereocenters. The molecular formula is C15H25BrN2O2S. The predicted octanol–water partition coefficient (Wildman–Crippen LogP) is 2.68. The molecule has 1 rings (SSSR count). The summed E-state index contributed by atoms with van der Waals surface area (Å²) in [5.41, 5.74) is 2.24. The van der Waals surface area contributed by atoms with Crippen molar-refractivity contribution in [2.24, 2.45) is 5.92 Å². The summed E-state index contributed by atoms with van der Waals surface area (Å²) >= 11 is 3.48. The molecule has 0 aromatic heterocycles. The maximum Gasteiger partial charge on any atom is 0.149 e. The van der Waals surface area contributed by atoms with Gasteiger partial charge in [0.1, 0.15) is 9.84 Å². The molecule has 0 aliphatic rings. The Bertz CT molecular complexity index is 559. The number of nitrogens with one attached hydrogen (secondary N) is 1. The van der Waals surface area contributed by atoms with Gasteiger partial charge in [-0.15, -0.1) is 0 Å². The quantitative estimate of drug-likeness (QED) is 0.757. The lowest BCUT2D eigenvalue weighted by atomic mass is 10.1. The third kappa shape index (κ3) is 7.29. The number of benzene rings is 1. The number of halogens is 1. The van der Waals surface area contributed by atoms with Crippen LogP contribution in [0.2, 0.25) is 0 Å². The summed E-state index contributed by atoms with van der Waals surface area (Å²) in [6.07, 6.45) is 1.27. The first-order valence-corrected chi connectivity index (χ1v) is 9.92. The fourth-order valence-corrected chi connectivity index (χ4v) is 2.92. The highest BCUT2D eigenvalue weighted by molar-refractivity contribution is 9.10. The second-order valence-corrected chi connectivity index (χ2v) is 9.02. The van der Waals surface area contributed by atoms with Crippen LogP contribution in [0, 0.1) is 5.92 Å². The van der Waals surface area contributed by atoms with Crippen LogP contribution in [0.3, 0.4) is 0 Å². The Labute approximate surface area is 137 Å². The van der Waals surface area contributed by atoms with E-state index in [9.17, 15) is 8.42 Å². The Morgan fingerprint density at radius 2 is 2.00 bits per heavy atom. The molecule has 0 fully saturated rings. The smallest absolute Gasteiger partial charge is 0.149 e. The summed E-state index contributed by atoms with van der Waals surface area (Å²) in [5.74, 6) is 0.765. The van der Waals surface area contributed by atoms with Crippen LogP contribution in [-0.4, -0.2) is 40.6 Å². The first-order valence-electron chi connectivity index (χ1n) is 7.07. The van der Waals surface area contributed by atoms with E-state index in [-0.39, 0.29) is 5.75 Å². The van der Waals surface area contributed by atoms with Gasteiger partial charge < -0.3 is 10.2 Å². The third-order valence-corrected chi connectivity index (χ3v) is 4.54. The molecular weight excluding hydrogens is 352 g/mol. The lowest BCUT2D eigenvalue weighted by molar-refractivity contribution is 0.552. The Morgan fingerprint density at radius 3 is 2.57 bits per heavy atom. The van der Waals surface area contributed by atoms with Gasteiger partial charge in [-0.3, -0.25) is 0 Å². The Kier molecular flexibility index (Phi) is 7.16. The van der Waals surface area contributed by atoms with Gasteiger partial charge in [-0.1, -0.05) is 35.8 Å². The van der Waals surface area contributed by atoms with Crippen LogP contribution >= 0.6 is 15.9 Å². The zero-order valence-corrected chi connectivity index (χ0v) is 15.6. The zero-order chi connectivity index (χ0) is 16.0. The fourth-order valence-electron chi connectivity index (χ4n) is 1.96. The van der Waals surface area contributed by atoms with Crippen molar-refractivity contribution in [2.75, 3.05) is 37.0 Å². The van der Waals surface area contributed by atoms with Crippen molar-refractivity contribution in [1.82, 2.24) is 5.32 Å². The summed E-state index contributed by atoms with van der Waals surface area (Å²) in [7, 11) is -1.02. The van der Waals surface area contributed by atoms with E-state index in [1.165, 1.54) is 11.8 Å². The van der Waals surface area contributed by atoms with E-state index < -0.39 is 9.84 Å². The number of hydrogen-bond acceptors (Lipinski definition) is 4. The number of anilines is 1. The molecule has 1 aromatic rings. The molecule has 120 valence electrons. The highest BCUT2D eigenvalue weighted by Gasteiger charge is 2.11. The van der Waals surface area contributed by atoms with E-state index in [1.807, 2.05) is 24.1 Å². The van der Waals surface area contributed by atoms with Gasteiger partial charge in [0, 0.05) is 36.6 Å². The van der Waals surface area contributed by atoms with Crippen LogP contribution in [0.15, 0.2) is 22.7 Å². The minimum atomic E-state index is -2.95. The molecule has 0 radical (unpaired) electrons. The lowest BCUT2D eigenvalue weighted by Crippen LogP contribution is -2.27. The topological polar surface area (TPSA) is 49.4 Å². The van der Waals surface area contributed by atoms with Crippen LogP contribution < -0.4 is 10.2 Å². The van der Waals surface area contributed by atoms with Crippen molar-refractivity contribution in [2.45, 2.75) is 20.4 Å². The number of nitrogens with zero attached hydrogens (tertiary/aromatic N) is 1. The van der Waals surface area contributed by atoms with Gasteiger partial charge in [0.2, 0.25) is 0 Å². The van der Waals surface area contributed by atoms with Crippen LogP contribution in [0.5, 0.6) is 0 Å². The molecule has 0 aliphatic heterocycles. The molecule has 0 aliphatic carbocycles. The molecule has 0 unspecified atom stereocenters. The monoisotopic (exact) mass is 376 g/mol. The second-order valence-electron chi connectivity index (χ2n) is 5.85. The molecule has 4 nitrogen and oxygen atoms in total. The molecule has 1 N–H and O–H groups in total. The molecule has 1 aromatic carbocycles. The summed E-state index contributed by atoms with van der Waals surface area (Å²) in [4.78, 5) is 2.00. The SMILES string of the molecule is CC(C)CNCc1ccc(Br)cc1N(C)CCS(C)(=O)=O. The van der Waals surface area contributed by atoms with Crippen LogP contribution in [0.25, 0.3) is 0 Å². The first kappa shape index (κ1) is 18.5. The molecule has 0 saturated carbocycles. The average molecular weight is 377 g/mol. The van der Waals surface area contributed by atoms with E-state index in [4.69, 9.17) is 0 Å². The average Bonchev–Trinajstić information content (AvgIpc) is 2.36. The van der Waals surface area contributed by atoms with E-state index in [0.717, 1.165) is 23.2 Å². The van der Waals surface area contributed by atoms with Gasteiger partial charge in [-0.05, 0) is 30.2 Å². The van der Waals surface area contributed by atoms with Crippen molar-refractivity contribution >= 4 is 31.5 Å². The van der Waals surface area contributed by atoms with E-state index in [0.29, 0.717) is 12.5 Å². The van der Waals surface area contributed by atoms with E-state index in [1.54, 1.807) is 0 Å². The van der Waals surface area contributed by atoms with Gasteiger partial charge in [-0.2, -0.15) is 0 Å². The molecule has 0 bridgehead atoms. The molecule has 6 heteroatoms. The van der Waals surface area contributed by atoms with Crippen LogP contribution in [0.1, 0.15) is 19.4 Å². The van der Waals surface area contributed by atoms with Gasteiger partial charge in [0.25, 0.3) is 0 Å². The van der Waals surface area contributed by atoms with Gasteiger partial charge in [0.05, 0.1) is 5.75 Å². The zero-order valence-electron chi connectivity index (χ0n) is 13.2. The molecule has 21 heavy (non-hydrogen) atoms. The van der Waals surface area contributed by atoms with Gasteiger partial charge in [-0.25, -0.2) is 8.42 Å². The number of hydrogen-bond donors (Lipinski definition) is 1. The summed E-state index contributed by atoms with van der Waals surface area (Å²) < 4.78 is 23.6. The molecule has 0 heterocycles. The largest absolute Gasteiger partial charge is 0.373 e. The number of sulfone groups is 1. The molecule has 0 spiro atoms. The second kappa shape index (κ2) is 8.15. The van der Waals surface area contributed by atoms with Gasteiger partial charge >= 0.3 is 0 Å². The predicted molar refractivity (Wildman–Crippen MR) is 93.7 cm³/mol. The van der Waals surface area contributed by atoms with Gasteiger partial charge in [0.15, 0.2) is 0 Å². The van der Waals surface area contributed by atoms with Crippen LogP contribution in [0.4, 0.5) is 5.69 Å². The van der Waals surface area contributed by atoms with Crippen LogP contribution in [-0.2, 0) is 16.4 Å². The summed E-state index contributed by atoms with van der Waals surface area (Å²) in [6, 6.07) is 6.12. The summed E-state index contributed by atoms with van der Waals surface area (Å²) in [6.45, 7) is 6.58. The van der Waals surface area contributed by atoms with E-state index >= 15 is 0 Å². The molecule has 0 amide bonds. The maximum atomic E-state index is 11.3. The van der Waals surface area contributed by atoms with Crippen molar-refractivity contribution in [3.05, 3.63) is 28.2 Å². The standard InChI is InChI=1S/C15H25BrN2O2S/c1-12(2)10-17-11-13-5-6-14(16)9-15(13)18(3)7-8-21(4,19)20/h5-6,9,12,17H,7-8,10-11H2,1-4H3. The Morgan fingerprint density at radius 1 is 1.33 bits per heavy atom. The number of rotatable bonds is 8. The normalized spacial score (nSPS) is 11.9. The van der Waals surface area contributed by atoms with Crippen molar-refractivity contribution < 1.29 is 8.42 Å². The first-order chi connectivity index (χ1) is 9.69. The van der Waals surface area contributed by atoms with Crippen molar-refractivity contribution in [3.8, 4) is 0 Å². The Balaban J connectivity index is 2.80. The summed E-state index contributed by atoms with van der Waals surface area (Å²) in [5, 5.41) is 3.43. The highest BCUT2D eigenvalue weighted by atomic mass is 79.9. The van der Waals surface area contributed by atoms with E-state index in [2.05, 4.69) is 41.2 Å². The van der Waals surface area contributed by atoms with Crippen molar-refractivity contribution in [1.29, 1.82) is 0 Å². The lowest BCUT2D eigenvalue weighted by Gasteiger charge is -2.23. The fraction of sp³-hybridized carbons (Fsp3) is 0.600. The third-order valence-electron chi connectivity index (χ3n) is 3.12. The minimum Gasteiger partial charge on any atom is -0.373 e. The maximum absolute atomic E-state index is 11.3.